The van der Waals surface area contributed by atoms with Crippen LogP contribution in [0, 0.1) is 0 Å². The van der Waals surface area contributed by atoms with Crippen LogP contribution in [0.3, 0.4) is 0 Å². The molecule has 1 heterocycles. The summed E-state index contributed by atoms with van der Waals surface area (Å²) < 4.78 is 5.66. The van der Waals surface area contributed by atoms with Gasteiger partial charge in [0.2, 0.25) is 5.88 Å². The van der Waals surface area contributed by atoms with Crippen LogP contribution in [0.25, 0.3) is 0 Å². The van der Waals surface area contributed by atoms with Crippen molar-refractivity contribution in [3.05, 3.63) is 23.9 Å². The fourth-order valence-corrected chi connectivity index (χ4v) is 1.85. The molecule has 0 saturated carbocycles. The highest BCUT2D eigenvalue weighted by Crippen LogP contribution is 2.10. The zero-order chi connectivity index (χ0) is 14.8. The number of pyridine rings is 1. The predicted molar refractivity (Wildman–Crippen MR) is 85.1 cm³/mol. The molecule has 1 N–H and O–H groups in total. The molecule has 3 nitrogen and oxygen atoms in total. The summed E-state index contributed by atoms with van der Waals surface area (Å²) in [6, 6.07) is 4.05. The number of nitrogens with one attached hydrogen (secondary N) is 1. The predicted octanol–water partition coefficient (Wildman–Crippen LogP) is 4.32. The van der Waals surface area contributed by atoms with Crippen molar-refractivity contribution >= 4 is 0 Å². The molecule has 0 atom stereocenters. The van der Waals surface area contributed by atoms with E-state index in [0.717, 1.165) is 25.5 Å². The van der Waals surface area contributed by atoms with Crippen molar-refractivity contribution in [2.24, 2.45) is 0 Å². The second-order valence-electron chi connectivity index (χ2n) is 6.37. The van der Waals surface area contributed by atoms with E-state index < -0.39 is 0 Å². The third kappa shape index (κ3) is 8.16. The lowest BCUT2D eigenvalue weighted by atomic mass is 10.1. The van der Waals surface area contributed by atoms with E-state index in [4.69, 9.17) is 4.74 Å². The van der Waals surface area contributed by atoms with E-state index in [9.17, 15) is 0 Å². The molecular weight excluding hydrogens is 248 g/mol. The molecule has 1 aromatic heterocycles. The maximum atomic E-state index is 5.66. The van der Waals surface area contributed by atoms with Crippen molar-refractivity contribution in [3.8, 4) is 5.88 Å². The van der Waals surface area contributed by atoms with Crippen LogP contribution in [-0.4, -0.2) is 17.1 Å². The molecule has 3 heteroatoms. The maximum absolute atomic E-state index is 5.66. The Morgan fingerprint density at radius 2 is 1.85 bits per heavy atom. The van der Waals surface area contributed by atoms with Gasteiger partial charge in [0.15, 0.2) is 0 Å². The molecule has 0 aromatic carbocycles. The summed E-state index contributed by atoms with van der Waals surface area (Å²) in [5, 5.41) is 3.45. The van der Waals surface area contributed by atoms with Gasteiger partial charge in [-0.3, -0.25) is 0 Å². The minimum absolute atomic E-state index is 0.133. The zero-order valence-corrected chi connectivity index (χ0v) is 13.5. The first-order valence-electron chi connectivity index (χ1n) is 7.84. The fourth-order valence-electron chi connectivity index (χ4n) is 1.85. The highest BCUT2D eigenvalue weighted by atomic mass is 16.5. The van der Waals surface area contributed by atoms with Crippen molar-refractivity contribution in [2.45, 2.75) is 71.9 Å². The molecule has 0 aliphatic heterocycles. The molecule has 0 aliphatic rings. The summed E-state index contributed by atoms with van der Waals surface area (Å²) in [5.74, 6) is 0.736. The van der Waals surface area contributed by atoms with E-state index in [0.29, 0.717) is 0 Å². The SMILES string of the molecule is CCCCCCCOc1ccc(CNC(C)(C)C)cn1. The average Bonchev–Trinajstić information content (AvgIpc) is 2.41. The highest BCUT2D eigenvalue weighted by molar-refractivity contribution is 5.17. The van der Waals surface area contributed by atoms with E-state index in [1.165, 1.54) is 31.2 Å². The van der Waals surface area contributed by atoms with E-state index in [1.54, 1.807) is 0 Å². The standard InChI is InChI=1S/C17H30N2O/c1-5-6-7-8-9-12-20-16-11-10-15(13-18-16)14-19-17(2,3)4/h10-11,13,19H,5-9,12,14H2,1-4H3. The van der Waals surface area contributed by atoms with Crippen molar-refractivity contribution < 1.29 is 4.74 Å². The van der Waals surface area contributed by atoms with Crippen LogP contribution in [0.4, 0.5) is 0 Å². The minimum atomic E-state index is 0.133. The number of rotatable bonds is 9. The smallest absolute Gasteiger partial charge is 0.213 e. The second-order valence-corrected chi connectivity index (χ2v) is 6.37. The van der Waals surface area contributed by atoms with E-state index in [1.807, 2.05) is 12.3 Å². The molecule has 20 heavy (non-hydrogen) atoms. The zero-order valence-electron chi connectivity index (χ0n) is 13.5. The van der Waals surface area contributed by atoms with Gasteiger partial charge in [0, 0.05) is 24.3 Å². The van der Waals surface area contributed by atoms with Crippen LogP contribution in [0.2, 0.25) is 0 Å². The van der Waals surface area contributed by atoms with Gasteiger partial charge in [-0.15, -0.1) is 0 Å². The van der Waals surface area contributed by atoms with Gasteiger partial charge in [-0.2, -0.15) is 0 Å². The first kappa shape index (κ1) is 17.0. The Balaban J connectivity index is 2.21. The fraction of sp³-hybridized carbons (Fsp3) is 0.706. The van der Waals surface area contributed by atoms with Crippen LogP contribution in [0.15, 0.2) is 18.3 Å². The second kappa shape index (κ2) is 8.96. The van der Waals surface area contributed by atoms with E-state index in [2.05, 4.69) is 44.1 Å². The van der Waals surface area contributed by atoms with Gasteiger partial charge < -0.3 is 10.1 Å². The molecular formula is C17H30N2O. The number of nitrogens with zero attached hydrogens (tertiary/aromatic N) is 1. The quantitative estimate of drug-likeness (QED) is 0.683. The molecule has 0 radical (unpaired) electrons. The molecule has 0 spiro atoms. The average molecular weight is 278 g/mol. The van der Waals surface area contributed by atoms with E-state index in [-0.39, 0.29) is 5.54 Å². The summed E-state index contributed by atoms with van der Waals surface area (Å²) in [6.45, 7) is 10.3. The van der Waals surface area contributed by atoms with Gasteiger partial charge >= 0.3 is 0 Å². The largest absolute Gasteiger partial charge is 0.478 e. The molecule has 0 saturated heterocycles. The number of hydrogen-bond acceptors (Lipinski definition) is 3. The van der Waals surface area contributed by atoms with Gasteiger partial charge in [-0.1, -0.05) is 38.7 Å². The Bertz CT molecular complexity index is 354. The summed E-state index contributed by atoms with van der Waals surface area (Å²) in [4.78, 5) is 4.35. The minimum Gasteiger partial charge on any atom is -0.478 e. The Kier molecular flexibility index (Phi) is 7.60. The van der Waals surface area contributed by atoms with Gasteiger partial charge in [-0.05, 0) is 32.8 Å². The van der Waals surface area contributed by atoms with Crippen molar-refractivity contribution in [1.82, 2.24) is 10.3 Å². The normalized spacial score (nSPS) is 11.6. The first-order valence-corrected chi connectivity index (χ1v) is 7.84. The number of ether oxygens (including phenoxy) is 1. The lowest BCUT2D eigenvalue weighted by Gasteiger charge is -2.20. The molecule has 1 aromatic rings. The van der Waals surface area contributed by atoms with Crippen LogP contribution in [0.1, 0.15) is 65.4 Å². The van der Waals surface area contributed by atoms with Crippen molar-refractivity contribution in [2.75, 3.05) is 6.61 Å². The highest BCUT2D eigenvalue weighted by Gasteiger charge is 2.08. The third-order valence-corrected chi connectivity index (χ3v) is 3.12. The Labute approximate surface area is 124 Å². The molecule has 0 amide bonds. The van der Waals surface area contributed by atoms with Gasteiger partial charge in [0.05, 0.1) is 6.61 Å². The van der Waals surface area contributed by atoms with Gasteiger partial charge in [-0.25, -0.2) is 4.98 Å². The molecule has 0 unspecified atom stereocenters. The van der Waals surface area contributed by atoms with Crippen LogP contribution < -0.4 is 10.1 Å². The van der Waals surface area contributed by atoms with E-state index >= 15 is 0 Å². The molecule has 0 aliphatic carbocycles. The number of aromatic nitrogens is 1. The number of unbranched alkanes of at least 4 members (excludes halogenated alkanes) is 4. The molecule has 114 valence electrons. The monoisotopic (exact) mass is 278 g/mol. The Morgan fingerprint density at radius 3 is 2.45 bits per heavy atom. The number of hydrogen-bond donors (Lipinski definition) is 1. The van der Waals surface area contributed by atoms with Gasteiger partial charge in [0.1, 0.15) is 0 Å². The summed E-state index contributed by atoms with van der Waals surface area (Å²) in [7, 11) is 0. The molecule has 0 fully saturated rings. The van der Waals surface area contributed by atoms with Gasteiger partial charge in [0.25, 0.3) is 0 Å². The molecule has 0 bridgehead atoms. The molecule has 1 rings (SSSR count). The summed E-state index contributed by atoms with van der Waals surface area (Å²) >= 11 is 0. The van der Waals surface area contributed by atoms with Crippen molar-refractivity contribution in [3.63, 3.8) is 0 Å². The lowest BCUT2D eigenvalue weighted by Crippen LogP contribution is -2.35. The lowest BCUT2D eigenvalue weighted by molar-refractivity contribution is 0.293. The Hall–Kier alpha value is -1.09. The summed E-state index contributed by atoms with van der Waals surface area (Å²) in [5.41, 5.74) is 1.32. The first-order chi connectivity index (χ1) is 9.51. The summed E-state index contributed by atoms with van der Waals surface area (Å²) in [6.07, 6.45) is 8.19. The third-order valence-electron chi connectivity index (χ3n) is 3.12. The maximum Gasteiger partial charge on any atom is 0.213 e. The Morgan fingerprint density at radius 1 is 1.10 bits per heavy atom. The van der Waals surface area contributed by atoms with Crippen molar-refractivity contribution in [1.29, 1.82) is 0 Å². The van der Waals surface area contributed by atoms with Crippen LogP contribution in [0.5, 0.6) is 5.88 Å². The van der Waals surface area contributed by atoms with Crippen LogP contribution >= 0.6 is 0 Å². The topological polar surface area (TPSA) is 34.1 Å². The van der Waals surface area contributed by atoms with Crippen LogP contribution in [-0.2, 0) is 6.54 Å².